The van der Waals surface area contributed by atoms with Crippen molar-refractivity contribution in [2.24, 2.45) is 0 Å². The summed E-state index contributed by atoms with van der Waals surface area (Å²) in [4.78, 5) is 12.2. The fourth-order valence-electron chi connectivity index (χ4n) is 2.72. The molecule has 0 aliphatic carbocycles. The molecular formula is C22H28N2O4S. The minimum Gasteiger partial charge on any atom is -0.483 e. The van der Waals surface area contributed by atoms with Crippen LogP contribution in [0.1, 0.15) is 37.3 Å². The Bertz CT molecular complexity index is 924. The van der Waals surface area contributed by atoms with E-state index in [-0.39, 0.29) is 24.8 Å². The summed E-state index contributed by atoms with van der Waals surface area (Å²) in [5.41, 5.74) is 2.28. The normalized spacial score (nSPS) is 12.2. The lowest BCUT2D eigenvalue weighted by Crippen LogP contribution is -2.25. The molecule has 1 unspecified atom stereocenters. The first-order valence-electron chi connectivity index (χ1n) is 9.53. The van der Waals surface area contributed by atoms with Crippen LogP contribution in [0, 0.1) is 0 Å². The molecule has 2 aromatic rings. The van der Waals surface area contributed by atoms with E-state index in [9.17, 15) is 13.2 Å². The van der Waals surface area contributed by atoms with Crippen LogP contribution in [-0.4, -0.2) is 27.5 Å². The van der Waals surface area contributed by atoms with Crippen LogP contribution in [0.15, 0.2) is 61.2 Å². The fraction of sp³-hybridized carbons (Fsp3) is 0.318. The van der Waals surface area contributed by atoms with Gasteiger partial charge in [0.25, 0.3) is 5.91 Å². The van der Waals surface area contributed by atoms with Gasteiger partial charge in [-0.2, -0.15) is 0 Å². The highest BCUT2D eigenvalue weighted by Gasteiger charge is 2.12. The van der Waals surface area contributed by atoms with Gasteiger partial charge in [-0.05, 0) is 41.7 Å². The van der Waals surface area contributed by atoms with Crippen molar-refractivity contribution in [3.8, 4) is 5.75 Å². The molecule has 2 aromatic carbocycles. The first kappa shape index (κ1) is 22.6. The first-order valence-corrected chi connectivity index (χ1v) is 11.2. The molecule has 0 saturated carbocycles. The molecule has 1 atom stereocenters. The van der Waals surface area contributed by atoms with Gasteiger partial charge in [0.05, 0.1) is 5.75 Å². The largest absolute Gasteiger partial charge is 0.483 e. The maximum atomic E-state index is 12.2. The highest BCUT2D eigenvalue weighted by molar-refractivity contribution is 7.88. The van der Waals surface area contributed by atoms with Gasteiger partial charge in [0.2, 0.25) is 10.0 Å². The number of para-hydroxylation sites is 1. The number of benzene rings is 2. The van der Waals surface area contributed by atoms with E-state index in [0.717, 1.165) is 12.0 Å². The number of hydrogen-bond donors (Lipinski definition) is 2. The van der Waals surface area contributed by atoms with Crippen LogP contribution in [0.25, 0.3) is 0 Å². The average molecular weight is 417 g/mol. The third-order valence-electron chi connectivity index (χ3n) is 4.46. The Balaban J connectivity index is 1.91. The number of ether oxygens (including phenoxy) is 1. The van der Waals surface area contributed by atoms with Gasteiger partial charge >= 0.3 is 0 Å². The van der Waals surface area contributed by atoms with Gasteiger partial charge in [-0.1, -0.05) is 50.3 Å². The smallest absolute Gasteiger partial charge is 0.262 e. The Kier molecular flexibility index (Phi) is 8.42. The van der Waals surface area contributed by atoms with Gasteiger partial charge in [0.15, 0.2) is 6.61 Å². The Morgan fingerprint density at radius 1 is 1.17 bits per heavy atom. The van der Waals surface area contributed by atoms with Crippen LogP contribution >= 0.6 is 0 Å². The molecule has 0 bridgehead atoms. The predicted octanol–water partition coefficient (Wildman–Crippen LogP) is 3.82. The second-order valence-electron chi connectivity index (χ2n) is 6.78. The van der Waals surface area contributed by atoms with E-state index >= 15 is 0 Å². The Hall–Kier alpha value is -2.64. The molecule has 0 saturated heterocycles. The number of anilines is 1. The highest BCUT2D eigenvalue weighted by atomic mass is 32.2. The molecule has 0 aliphatic heterocycles. The van der Waals surface area contributed by atoms with Crippen molar-refractivity contribution in [3.63, 3.8) is 0 Å². The molecule has 0 radical (unpaired) electrons. The average Bonchev–Trinajstić information content (AvgIpc) is 2.71. The second-order valence-corrected chi connectivity index (χ2v) is 8.58. The molecule has 0 aliphatic rings. The summed E-state index contributed by atoms with van der Waals surface area (Å²) in [6.07, 6.45) is 2.47. The second kappa shape index (κ2) is 10.8. The summed E-state index contributed by atoms with van der Waals surface area (Å²) in [7, 11) is -3.41. The van der Waals surface area contributed by atoms with Crippen molar-refractivity contribution < 1.29 is 17.9 Å². The monoisotopic (exact) mass is 416 g/mol. The molecule has 1 amide bonds. The molecule has 2 rings (SSSR count). The van der Waals surface area contributed by atoms with Gasteiger partial charge in [-0.15, -0.1) is 6.58 Å². The van der Waals surface area contributed by atoms with Crippen LogP contribution in [0.4, 0.5) is 5.69 Å². The molecule has 156 valence electrons. The minimum absolute atomic E-state index is 0.102. The quantitative estimate of drug-likeness (QED) is 0.546. The molecule has 0 aromatic heterocycles. The maximum Gasteiger partial charge on any atom is 0.262 e. The van der Waals surface area contributed by atoms with Crippen LogP contribution in [0.5, 0.6) is 5.75 Å². The molecule has 0 spiro atoms. The lowest BCUT2D eigenvalue weighted by Gasteiger charge is -2.15. The SMILES string of the molecule is C=CCNS(=O)(=O)Cc1ccc(NC(=O)COc2ccccc2C(C)CC)cc1. The molecule has 7 heteroatoms. The first-order chi connectivity index (χ1) is 13.8. The summed E-state index contributed by atoms with van der Waals surface area (Å²) < 4.78 is 31.9. The van der Waals surface area contributed by atoms with Crippen LogP contribution in [0.2, 0.25) is 0 Å². The zero-order chi connectivity index (χ0) is 21.3. The lowest BCUT2D eigenvalue weighted by atomic mass is 9.98. The Morgan fingerprint density at radius 3 is 2.52 bits per heavy atom. The van der Waals surface area contributed by atoms with Crippen LogP contribution < -0.4 is 14.8 Å². The highest BCUT2D eigenvalue weighted by Crippen LogP contribution is 2.28. The van der Waals surface area contributed by atoms with E-state index in [0.29, 0.717) is 22.9 Å². The van der Waals surface area contributed by atoms with Crippen molar-refractivity contribution in [1.29, 1.82) is 0 Å². The zero-order valence-corrected chi connectivity index (χ0v) is 17.7. The summed E-state index contributed by atoms with van der Waals surface area (Å²) >= 11 is 0. The van der Waals surface area contributed by atoms with Crippen LogP contribution in [-0.2, 0) is 20.6 Å². The van der Waals surface area contributed by atoms with Gasteiger partial charge in [-0.3, -0.25) is 4.79 Å². The number of nitrogens with one attached hydrogen (secondary N) is 2. The van der Waals surface area contributed by atoms with Crippen molar-refractivity contribution in [2.75, 3.05) is 18.5 Å². The van der Waals surface area contributed by atoms with E-state index in [1.807, 2.05) is 24.3 Å². The van der Waals surface area contributed by atoms with Crippen molar-refractivity contribution in [3.05, 3.63) is 72.3 Å². The number of hydrogen-bond acceptors (Lipinski definition) is 4. The molecular weight excluding hydrogens is 388 g/mol. The zero-order valence-electron chi connectivity index (χ0n) is 16.9. The van der Waals surface area contributed by atoms with Gasteiger partial charge < -0.3 is 10.1 Å². The van der Waals surface area contributed by atoms with Crippen molar-refractivity contribution in [1.82, 2.24) is 4.72 Å². The molecule has 29 heavy (non-hydrogen) atoms. The van der Waals surface area contributed by atoms with E-state index in [2.05, 4.69) is 30.5 Å². The fourth-order valence-corrected chi connectivity index (χ4v) is 3.83. The van der Waals surface area contributed by atoms with Gasteiger partial charge in [-0.25, -0.2) is 13.1 Å². The minimum atomic E-state index is -3.41. The number of rotatable bonds is 11. The van der Waals surface area contributed by atoms with E-state index in [1.54, 1.807) is 24.3 Å². The molecule has 2 N–H and O–H groups in total. The topological polar surface area (TPSA) is 84.5 Å². The Labute approximate surface area is 173 Å². The summed E-state index contributed by atoms with van der Waals surface area (Å²) in [5, 5.41) is 2.76. The van der Waals surface area contributed by atoms with Crippen molar-refractivity contribution >= 4 is 21.6 Å². The Morgan fingerprint density at radius 2 is 1.86 bits per heavy atom. The lowest BCUT2D eigenvalue weighted by molar-refractivity contribution is -0.118. The third kappa shape index (κ3) is 7.36. The van der Waals surface area contributed by atoms with E-state index in [4.69, 9.17) is 4.74 Å². The number of carbonyl (C=O) groups is 1. The van der Waals surface area contributed by atoms with E-state index < -0.39 is 10.0 Å². The molecule has 0 heterocycles. The van der Waals surface area contributed by atoms with Gasteiger partial charge in [0, 0.05) is 12.2 Å². The number of amides is 1. The number of sulfonamides is 1. The number of carbonyl (C=O) groups excluding carboxylic acids is 1. The van der Waals surface area contributed by atoms with Gasteiger partial charge in [0.1, 0.15) is 5.75 Å². The summed E-state index contributed by atoms with van der Waals surface area (Å²) in [6, 6.07) is 14.4. The van der Waals surface area contributed by atoms with Crippen molar-refractivity contribution in [2.45, 2.75) is 31.9 Å². The summed E-state index contributed by atoms with van der Waals surface area (Å²) in [6.45, 7) is 7.81. The van der Waals surface area contributed by atoms with Crippen LogP contribution in [0.3, 0.4) is 0 Å². The molecule has 6 nitrogen and oxygen atoms in total. The molecule has 0 fully saturated rings. The predicted molar refractivity (Wildman–Crippen MR) is 117 cm³/mol. The summed E-state index contributed by atoms with van der Waals surface area (Å²) in [5.74, 6) is 0.644. The third-order valence-corrected chi connectivity index (χ3v) is 5.78. The maximum absolute atomic E-state index is 12.2. The van der Waals surface area contributed by atoms with E-state index in [1.165, 1.54) is 6.08 Å². The standard InChI is InChI=1S/C22H28N2O4S/c1-4-14-23-29(26,27)16-18-10-12-19(13-11-18)24-22(25)15-28-21-9-7-6-8-20(21)17(3)5-2/h4,6-13,17,23H,1,5,14-16H2,2-3H3,(H,24,25).